The molecule has 4 nitrogen and oxygen atoms in total. The quantitative estimate of drug-likeness (QED) is 0.490. The molecule has 0 radical (unpaired) electrons. The van der Waals surface area contributed by atoms with Gasteiger partial charge in [0.25, 0.3) is 11.8 Å². The Labute approximate surface area is 194 Å². The van der Waals surface area contributed by atoms with E-state index in [1.54, 1.807) is 21.6 Å². The number of carbonyl (C=O) groups is 2. The zero-order chi connectivity index (χ0) is 21.8. The zero-order valence-corrected chi connectivity index (χ0v) is 19.6. The lowest BCUT2D eigenvalue weighted by Crippen LogP contribution is -2.50. The summed E-state index contributed by atoms with van der Waals surface area (Å²) in [6, 6.07) is 19.1. The third-order valence-electron chi connectivity index (χ3n) is 5.70. The number of benzene rings is 2. The second kappa shape index (κ2) is 7.40. The van der Waals surface area contributed by atoms with E-state index in [2.05, 4.69) is 13.8 Å². The highest BCUT2D eigenvalue weighted by atomic mass is 35.5. The molecular weight excluding hydrogens is 448 g/mol. The second-order valence-corrected chi connectivity index (χ2v) is 11.6. The van der Waals surface area contributed by atoms with Gasteiger partial charge in [-0.25, -0.2) is 0 Å². The normalized spacial score (nSPS) is 21.7. The van der Waals surface area contributed by atoms with Gasteiger partial charge in [0, 0.05) is 21.9 Å². The molecular formula is C24H21ClN2O2S2. The number of fused-ring (bicyclic) bond motifs is 2. The van der Waals surface area contributed by atoms with Crippen molar-refractivity contribution in [1.82, 2.24) is 4.90 Å². The Morgan fingerprint density at radius 2 is 1.81 bits per heavy atom. The predicted molar refractivity (Wildman–Crippen MR) is 128 cm³/mol. The van der Waals surface area contributed by atoms with Crippen molar-refractivity contribution in [3.63, 3.8) is 0 Å². The molecule has 5 rings (SSSR count). The molecule has 0 bridgehead atoms. The molecule has 3 heterocycles. The number of nitrogens with zero attached hydrogens (tertiary/aromatic N) is 2. The number of hydrogen-bond donors (Lipinski definition) is 0. The third-order valence-corrected chi connectivity index (χ3v) is 8.52. The third kappa shape index (κ3) is 3.20. The van der Waals surface area contributed by atoms with E-state index >= 15 is 0 Å². The van der Waals surface area contributed by atoms with Crippen LogP contribution in [0, 0.1) is 0 Å². The molecule has 1 fully saturated rings. The van der Waals surface area contributed by atoms with Crippen molar-refractivity contribution in [2.75, 3.05) is 11.4 Å². The number of hydrogen-bond acceptors (Lipinski definition) is 4. The molecule has 3 aromatic rings. The molecule has 1 atom stereocenters. The van der Waals surface area contributed by atoms with Crippen molar-refractivity contribution in [3.8, 4) is 0 Å². The van der Waals surface area contributed by atoms with Crippen LogP contribution in [0.4, 0.5) is 5.69 Å². The van der Waals surface area contributed by atoms with Gasteiger partial charge in [0.1, 0.15) is 0 Å². The number of halogens is 1. The summed E-state index contributed by atoms with van der Waals surface area (Å²) in [6.45, 7) is 5.04. The largest absolute Gasteiger partial charge is 0.309 e. The van der Waals surface area contributed by atoms with Crippen molar-refractivity contribution in [2.45, 2.75) is 30.0 Å². The van der Waals surface area contributed by atoms with Gasteiger partial charge in [-0.1, -0.05) is 54.1 Å². The number of rotatable bonds is 3. The highest BCUT2D eigenvalue weighted by Crippen LogP contribution is 2.60. The zero-order valence-electron chi connectivity index (χ0n) is 17.2. The maximum absolute atomic E-state index is 14.1. The molecule has 1 unspecified atom stereocenters. The summed E-state index contributed by atoms with van der Waals surface area (Å²) in [5.41, 5.74) is 2.58. The number of carbonyl (C=O) groups excluding carboxylic acids is 2. The van der Waals surface area contributed by atoms with Crippen molar-refractivity contribution >= 4 is 52.2 Å². The summed E-state index contributed by atoms with van der Waals surface area (Å²) in [4.78, 5) is 30.8. The number of thioether (sulfide) groups is 1. The minimum absolute atomic E-state index is 0.0888. The first-order valence-electron chi connectivity index (χ1n) is 10.0. The van der Waals surface area contributed by atoms with Crippen molar-refractivity contribution in [3.05, 3.63) is 87.1 Å². The predicted octanol–water partition coefficient (Wildman–Crippen LogP) is 5.77. The van der Waals surface area contributed by atoms with Crippen molar-refractivity contribution in [2.24, 2.45) is 0 Å². The Morgan fingerprint density at radius 3 is 2.55 bits per heavy atom. The molecule has 2 amide bonds. The summed E-state index contributed by atoms with van der Waals surface area (Å²) < 4.78 is -0.268. The van der Waals surface area contributed by atoms with Crippen LogP contribution in [-0.4, -0.2) is 28.0 Å². The van der Waals surface area contributed by atoms with E-state index in [0.29, 0.717) is 23.0 Å². The Bertz CT molecular complexity index is 1180. The maximum atomic E-state index is 14.1. The molecule has 2 aliphatic heterocycles. The SMILES string of the molecule is CC1(C)CN(C(=O)c2cccs2)C2(S1)C(=O)N(Cc1ccccc1Cl)c1ccccc12. The van der Waals surface area contributed by atoms with E-state index in [0.717, 1.165) is 16.8 Å². The molecule has 7 heteroatoms. The Morgan fingerprint density at radius 1 is 1.06 bits per heavy atom. The van der Waals surface area contributed by atoms with Gasteiger partial charge in [0.2, 0.25) is 0 Å². The molecule has 1 saturated heterocycles. The average Bonchev–Trinajstić information content (AvgIpc) is 3.43. The van der Waals surface area contributed by atoms with Crippen LogP contribution in [0.2, 0.25) is 5.02 Å². The minimum atomic E-state index is -1.08. The maximum Gasteiger partial charge on any atom is 0.268 e. The summed E-state index contributed by atoms with van der Waals surface area (Å²) in [6.07, 6.45) is 0. The fourth-order valence-corrected chi connectivity index (χ4v) is 7.04. The Balaban J connectivity index is 1.64. The van der Waals surface area contributed by atoms with Gasteiger partial charge in [-0.15, -0.1) is 23.1 Å². The molecule has 31 heavy (non-hydrogen) atoms. The van der Waals surface area contributed by atoms with Crippen LogP contribution in [0.25, 0.3) is 0 Å². The van der Waals surface area contributed by atoms with Gasteiger partial charge in [-0.05, 0) is 43.0 Å². The standard InChI is InChI=1S/C24H21ClN2O2S2/c1-23(2)15-27(21(28)20-12-7-13-30-20)24(31-23)17-9-4-6-11-19(17)26(22(24)29)14-16-8-3-5-10-18(16)25/h3-13H,14-15H2,1-2H3. The topological polar surface area (TPSA) is 40.6 Å². The first-order chi connectivity index (χ1) is 14.8. The van der Waals surface area contributed by atoms with E-state index in [1.807, 2.05) is 66.0 Å². The van der Waals surface area contributed by atoms with Gasteiger partial charge in [-0.3, -0.25) is 9.59 Å². The first kappa shape index (κ1) is 20.6. The molecule has 2 aliphatic rings. The molecule has 1 aromatic heterocycles. The summed E-state index contributed by atoms with van der Waals surface area (Å²) in [7, 11) is 0. The van der Waals surface area contributed by atoms with Gasteiger partial charge < -0.3 is 9.80 Å². The Kier molecular flexibility index (Phi) is 4.92. The second-order valence-electron chi connectivity index (χ2n) is 8.37. The number of thiophene rings is 1. The average molecular weight is 469 g/mol. The van der Waals surface area contributed by atoms with Crippen molar-refractivity contribution < 1.29 is 9.59 Å². The summed E-state index contributed by atoms with van der Waals surface area (Å²) >= 11 is 9.39. The summed E-state index contributed by atoms with van der Waals surface area (Å²) in [5, 5.41) is 2.52. The number of para-hydroxylation sites is 1. The number of anilines is 1. The van der Waals surface area contributed by atoms with Crippen LogP contribution >= 0.6 is 34.7 Å². The molecule has 2 aromatic carbocycles. The smallest absolute Gasteiger partial charge is 0.268 e. The van der Waals surface area contributed by atoms with E-state index in [-0.39, 0.29) is 16.6 Å². The van der Waals surface area contributed by atoms with Crippen LogP contribution in [0.1, 0.15) is 34.6 Å². The minimum Gasteiger partial charge on any atom is -0.309 e. The van der Waals surface area contributed by atoms with E-state index in [1.165, 1.54) is 11.3 Å². The highest BCUT2D eigenvalue weighted by molar-refractivity contribution is 8.02. The first-order valence-corrected chi connectivity index (χ1v) is 12.1. The van der Waals surface area contributed by atoms with Gasteiger partial charge in [0.15, 0.2) is 4.87 Å². The molecule has 1 spiro atoms. The molecule has 158 valence electrons. The van der Waals surface area contributed by atoms with E-state index in [4.69, 9.17) is 11.6 Å². The van der Waals surface area contributed by atoms with E-state index in [9.17, 15) is 9.59 Å². The highest BCUT2D eigenvalue weighted by Gasteiger charge is 2.63. The lowest BCUT2D eigenvalue weighted by Gasteiger charge is -2.33. The van der Waals surface area contributed by atoms with Crippen LogP contribution in [0.5, 0.6) is 0 Å². The van der Waals surface area contributed by atoms with Gasteiger partial charge >= 0.3 is 0 Å². The van der Waals surface area contributed by atoms with Gasteiger partial charge in [0.05, 0.1) is 17.1 Å². The van der Waals surface area contributed by atoms with Crippen LogP contribution in [0.15, 0.2) is 66.0 Å². The van der Waals surface area contributed by atoms with Crippen LogP contribution < -0.4 is 4.90 Å². The monoisotopic (exact) mass is 468 g/mol. The number of amides is 2. The van der Waals surface area contributed by atoms with Crippen LogP contribution in [-0.2, 0) is 16.2 Å². The van der Waals surface area contributed by atoms with Gasteiger partial charge in [-0.2, -0.15) is 0 Å². The lowest BCUT2D eigenvalue weighted by atomic mass is 10.0. The van der Waals surface area contributed by atoms with E-state index < -0.39 is 4.87 Å². The van der Waals surface area contributed by atoms with Crippen LogP contribution in [0.3, 0.4) is 0 Å². The Hall–Kier alpha value is -2.28. The summed E-state index contributed by atoms with van der Waals surface area (Å²) in [5.74, 6) is -0.190. The molecule has 0 N–H and O–H groups in total. The lowest BCUT2D eigenvalue weighted by molar-refractivity contribution is -0.123. The fourth-order valence-electron chi connectivity index (χ4n) is 4.44. The van der Waals surface area contributed by atoms with Crippen molar-refractivity contribution in [1.29, 1.82) is 0 Å². The molecule has 0 saturated carbocycles. The molecule has 0 aliphatic carbocycles. The fraction of sp³-hybridized carbons (Fsp3) is 0.250.